The molecule has 16 heavy (non-hydrogen) atoms. The van der Waals surface area contributed by atoms with E-state index in [2.05, 4.69) is 21.2 Å². The number of carbonyl (C=O) groups is 1. The second kappa shape index (κ2) is 3.80. The summed E-state index contributed by atoms with van der Waals surface area (Å²) < 4.78 is 0.668. The third kappa shape index (κ3) is 1.89. The predicted octanol–water partition coefficient (Wildman–Crippen LogP) is 2.35. The molecule has 0 unspecified atom stereocenters. The fraction of sp³-hybridized carbons (Fsp3) is 0.273. The number of nitriles is 1. The molecule has 0 radical (unpaired) electrons. The first-order valence-corrected chi connectivity index (χ1v) is 5.58. The van der Waals surface area contributed by atoms with Crippen LogP contribution in [0.25, 0.3) is 0 Å². The predicted molar refractivity (Wildman–Crippen MR) is 62.1 cm³/mol. The van der Waals surface area contributed by atoms with Gasteiger partial charge in [-0.3, -0.25) is 0 Å². The maximum atomic E-state index is 11.0. The Balaban J connectivity index is 2.21. The molecule has 0 aliphatic heterocycles. The monoisotopic (exact) mass is 280 g/mol. The minimum atomic E-state index is -0.826. The first kappa shape index (κ1) is 11.0. The van der Waals surface area contributed by atoms with Crippen molar-refractivity contribution in [3.05, 3.63) is 28.2 Å². The summed E-state index contributed by atoms with van der Waals surface area (Å²) in [5.41, 5.74) is 0.449. The van der Waals surface area contributed by atoms with E-state index in [1.807, 2.05) is 6.07 Å². The van der Waals surface area contributed by atoms with Crippen LogP contribution in [-0.4, -0.2) is 16.6 Å². The van der Waals surface area contributed by atoms with E-state index in [0.29, 0.717) is 28.6 Å². The summed E-state index contributed by atoms with van der Waals surface area (Å²) in [6, 6.07) is 7.13. The summed E-state index contributed by atoms with van der Waals surface area (Å²) in [4.78, 5) is 11.0. The number of anilines is 1. The standard InChI is InChI=1S/C11H9BrN2O2/c12-9-5-8(2-1-7(9)6-13)14-11(3-4-11)10(15)16/h1-2,5,14H,3-4H2,(H,15,16). The van der Waals surface area contributed by atoms with Gasteiger partial charge in [0.25, 0.3) is 0 Å². The van der Waals surface area contributed by atoms with Gasteiger partial charge >= 0.3 is 5.97 Å². The van der Waals surface area contributed by atoms with E-state index >= 15 is 0 Å². The van der Waals surface area contributed by atoms with Crippen molar-refractivity contribution in [1.82, 2.24) is 0 Å². The number of carboxylic acid groups (broad SMARTS) is 1. The molecular formula is C11H9BrN2O2. The molecule has 1 saturated carbocycles. The highest BCUT2D eigenvalue weighted by Crippen LogP contribution is 2.39. The van der Waals surface area contributed by atoms with Crippen molar-refractivity contribution in [3.63, 3.8) is 0 Å². The molecule has 1 fully saturated rings. The molecule has 0 atom stereocenters. The van der Waals surface area contributed by atoms with Crippen LogP contribution in [0.2, 0.25) is 0 Å². The SMILES string of the molecule is N#Cc1ccc(NC2(C(=O)O)CC2)cc1Br. The fourth-order valence-corrected chi connectivity index (χ4v) is 1.94. The molecule has 0 heterocycles. The van der Waals surface area contributed by atoms with Crippen LogP contribution in [-0.2, 0) is 4.79 Å². The molecule has 1 aromatic rings. The number of halogens is 1. The summed E-state index contributed by atoms with van der Waals surface area (Å²) in [6.07, 6.45) is 1.28. The van der Waals surface area contributed by atoms with Gasteiger partial charge in [0.2, 0.25) is 0 Å². The Bertz CT molecular complexity index is 489. The molecule has 2 rings (SSSR count). The van der Waals surface area contributed by atoms with Gasteiger partial charge in [0.1, 0.15) is 11.6 Å². The zero-order valence-electron chi connectivity index (χ0n) is 8.33. The van der Waals surface area contributed by atoms with Crippen LogP contribution >= 0.6 is 15.9 Å². The van der Waals surface area contributed by atoms with Gasteiger partial charge in [0, 0.05) is 10.2 Å². The molecule has 2 N–H and O–H groups in total. The van der Waals surface area contributed by atoms with Crippen molar-refractivity contribution in [1.29, 1.82) is 5.26 Å². The molecule has 0 saturated heterocycles. The molecule has 4 nitrogen and oxygen atoms in total. The molecule has 1 aromatic carbocycles. The highest BCUT2D eigenvalue weighted by molar-refractivity contribution is 9.10. The van der Waals surface area contributed by atoms with E-state index in [4.69, 9.17) is 10.4 Å². The van der Waals surface area contributed by atoms with Crippen molar-refractivity contribution in [2.75, 3.05) is 5.32 Å². The van der Waals surface area contributed by atoms with Crippen LogP contribution < -0.4 is 5.32 Å². The van der Waals surface area contributed by atoms with E-state index in [1.54, 1.807) is 18.2 Å². The average Bonchev–Trinajstić information content (AvgIpc) is 2.99. The molecule has 0 bridgehead atoms. The Hall–Kier alpha value is -1.54. The van der Waals surface area contributed by atoms with Crippen molar-refractivity contribution < 1.29 is 9.90 Å². The Morgan fingerprint density at radius 2 is 2.25 bits per heavy atom. The Kier molecular flexibility index (Phi) is 2.60. The van der Waals surface area contributed by atoms with Crippen LogP contribution in [0.3, 0.4) is 0 Å². The molecule has 0 aromatic heterocycles. The van der Waals surface area contributed by atoms with E-state index in [0.717, 1.165) is 0 Å². The van der Waals surface area contributed by atoms with Crippen LogP contribution in [0.4, 0.5) is 5.69 Å². The van der Waals surface area contributed by atoms with Gasteiger partial charge in [-0.15, -0.1) is 0 Å². The second-order valence-electron chi connectivity index (χ2n) is 3.82. The maximum Gasteiger partial charge on any atom is 0.329 e. The first-order valence-electron chi connectivity index (χ1n) is 4.79. The summed E-state index contributed by atoms with van der Waals surface area (Å²) in [6.45, 7) is 0. The molecule has 0 amide bonds. The minimum absolute atomic E-state index is 0.533. The number of carboxylic acids is 1. The van der Waals surface area contributed by atoms with Gasteiger partial charge in [0.05, 0.1) is 5.56 Å². The number of hydrogen-bond donors (Lipinski definition) is 2. The molecule has 1 aliphatic carbocycles. The number of aliphatic carboxylic acids is 1. The Morgan fingerprint density at radius 3 is 2.69 bits per heavy atom. The van der Waals surface area contributed by atoms with Crippen LogP contribution in [0.1, 0.15) is 18.4 Å². The van der Waals surface area contributed by atoms with Gasteiger partial charge in [0.15, 0.2) is 0 Å². The third-order valence-electron chi connectivity index (χ3n) is 2.63. The quantitative estimate of drug-likeness (QED) is 0.892. The van der Waals surface area contributed by atoms with E-state index < -0.39 is 11.5 Å². The summed E-state index contributed by atoms with van der Waals surface area (Å²) in [7, 11) is 0. The number of rotatable bonds is 3. The largest absolute Gasteiger partial charge is 0.480 e. The summed E-state index contributed by atoms with van der Waals surface area (Å²) in [5.74, 6) is -0.826. The van der Waals surface area contributed by atoms with Crippen molar-refractivity contribution in [3.8, 4) is 6.07 Å². The lowest BCUT2D eigenvalue weighted by molar-refractivity contribution is -0.138. The van der Waals surface area contributed by atoms with Gasteiger partial charge in [-0.1, -0.05) is 0 Å². The lowest BCUT2D eigenvalue weighted by Crippen LogP contribution is -2.31. The summed E-state index contributed by atoms with van der Waals surface area (Å²) >= 11 is 3.26. The van der Waals surface area contributed by atoms with Crippen LogP contribution in [0.5, 0.6) is 0 Å². The summed E-state index contributed by atoms with van der Waals surface area (Å²) in [5, 5.41) is 20.7. The van der Waals surface area contributed by atoms with E-state index in [-0.39, 0.29) is 0 Å². The lowest BCUT2D eigenvalue weighted by Gasteiger charge is -2.14. The Labute approximate surface area is 101 Å². The molecule has 5 heteroatoms. The highest BCUT2D eigenvalue weighted by Gasteiger charge is 2.50. The highest BCUT2D eigenvalue weighted by atomic mass is 79.9. The number of hydrogen-bond acceptors (Lipinski definition) is 3. The van der Waals surface area contributed by atoms with Gasteiger partial charge in [-0.25, -0.2) is 4.79 Å². The first-order chi connectivity index (χ1) is 7.57. The van der Waals surface area contributed by atoms with Crippen molar-refractivity contribution in [2.45, 2.75) is 18.4 Å². The number of nitrogens with zero attached hydrogens (tertiary/aromatic N) is 1. The zero-order valence-corrected chi connectivity index (χ0v) is 9.91. The normalized spacial score (nSPS) is 16.2. The minimum Gasteiger partial charge on any atom is -0.480 e. The molecule has 1 aliphatic rings. The zero-order chi connectivity index (χ0) is 11.8. The van der Waals surface area contributed by atoms with Gasteiger partial charge < -0.3 is 10.4 Å². The topological polar surface area (TPSA) is 73.1 Å². The third-order valence-corrected chi connectivity index (χ3v) is 3.29. The smallest absolute Gasteiger partial charge is 0.329 e. The lowest BCUT2D eigenvalue weighted by atomic mass is 10.2. The van der Waals surface area contributed by atoms with Crippen molar-refractivity contribution in [2.24, 2.45) is 0 Å². The molecule has 82 valence electrons. The van der Waals surface area contributed by atoms with Crippen LogP contribution in [0, 0.1) is 11.3 Å². The van der Waals surface area contributed by atoms with Gasteiger partial charge in [-0.2, -0.15) is 5.26 Å². The van der Waals surface area contributed by atoms with Crippen molar-refractivity contribution >= 4 is 27.6 Å². The maximum absolute atomic E-state index is 11.0. The van der Waals surface area contributed by atoms with Crippen LogP contribution in [0.15, 0.2) is 22.7 Å². The second-order valence-corrected chi connectivity index (χ2v) is 4.67. The number of nitrogens with one attached hydrogen (secondary N) is 1. The molecular weight excluding hydrogens is 272 g/mol. The number of benzene rings is 1. The van der Waals surface area contributed by atoms with E-state index in [9.17, 15) is 4.79 Å². The fourth-order valence-electron chi connectivity index (χ4n) is 1.48. The average molecular weight is 281 g/mol. The molecule has 0 spiro atoms. The van der Waals surface area contributed by atoms with E-state index in [1.165, 1.54) is 0 Å². The van der Waals surface area contributed by atoms with Gasteiger partial charge in [-0.05, 0) is 47.0 Å². The Morgan fingerprint density at radius 1 is 1.56 bits per heavy atom.